The highest BCUT2D eigenvalue weighted by Crippen LogP contribution is 2.16. The Kier molecular flexibility index (Phi) is 7.51. The van der Waals surface area contributed by atoms with Gasteiger partial charge in [-0.3, -0.25) is 4.79 Å². The second-order valence-corrected chi connectivity index (χ2v) is 7.45. The third-order valence-corrected chi connectivity index (χ3v) is 5.09. The van der Waals surface area contributed by atoms with Gasteiger partial charge in [-0.15, -0.1) is 0 Å². The van der Waals surface area contributed by atoms with Crippen LogP contribution in [-0.4, -0.2) is 33.4 Å². The lowest BCUT2D eigenvalue weighted by Gasteiger charge is -2.23. The molecule has 2 atom stereocenters. The number of H-pyrrole nitrogens is 1. The summed E-state index contributed by atoms with van der Waals surface area (Å²) in [6, 6.07) is 19.7. The van der Waals surface area contributed by atoms with Crippen molar-refractivity contribution in [1.82, 2.24) is 9.97 Å². The molecule has 2 aromatic carbocycles. The molecule has 4 N–H and O–H groups in total. The molecule has 3 aromatic rings. The summed E-state index contributed by atoms with van der Waals surface area (Å²) >= 11 is 0. The van der Waals surface area contributed by atoms with E-state index in [0.717, 1.165) is 24.6 Å². The standard InChI is InChI=1S/C24H28N4O2/c1-17(29)21(14-8-13-18-9-4-2-5-10-18)26-23-20(16-25)24(30)28-22(27-23)15-19-11-6-3-7-12-19/h2-7,9-12,16-17,21,25,29H,8,13-15H2,1H3,(H2,26,27,28,30). The zero-order chi connectivity index (χ0) is 21.3. The highest BCUT2D eigenvalue weighted by Gasteiger charge is 2.19. The van der Waals surface area contributed by atoms with E-state index in [9.17, 15) is 9.90 Å². The number of nitrogens with zero attached hydrogens (tertiary/aromatic N) is 1. The van der Waals surface area contributed by atoms with E-state index < -0.39 is 6.10 Å². The summed E-state index contributed by atoms with van der Waals surface area (Å²) in [6.07, 6.45) is 3.36. The normalized spacial score (nSPS) is 12.9. The van der Waals surface area contributed by atoms with Gasteiger partial charge in [0.15, 0.2) is 0 Å². The van der Waals surface area contributed by atoms with Crippen molar-refractivity contribution in [3.8, 4) is 0 Å². The summed E-state index contributed by atoms with van der Waals surface area (Å²) in [5.74, 6) is 0.859. The lowest BCUT2D eigenvalue weighted by Crippen LogP contribution is -2.34. The molecule has 0 aliphatic heterocycles. The molecule has 0 fully saturated rings. The highest BCUT2D eigenvalue weighted by atomic mass is 16.3. The lowest BCUT2D eigenvalue weighted by molar-refractivity contribution is 0.166. The molecule has 6 nitrogen and oxygen atoms in total. The molecular formula is C24H28N4O2. The first kappa shape index (κ1) is 21.5. The number of nitrogens with one attached hydrogen (secondary N) is 3. The van der Waals surface area contributed by atoms with Gasteiger partial charge < -0.3 is 20.8 Å². The molecule has 0 saturated heterocycles. The summed E-state index contributed by atoms with van der Waals surface area (Å²) in [6.45, 7) is 1.72. The van der Waals surface area contributed by atoms with Crippen LogP contribution in [0.4, 0.5) is 5.82 Å². The van der Waals surface area contributed by atoms with Crippen LogP contribution in [0.25, 0.3) is 0 Å². The summed E-state index contributed by atoms with van der Waals surface area (Å²) < 4.78 is 0. The number of aromatic nitrogens is 2. The zero-order valence-corrected chi connectivity index (χ0v) is 17.1. The SMILES string of the molecule is CC(O)C(CCCc1ccccc1)Nc1nc(Cc2ccccc2)[nH]c(=O)c1C=N. The van der Waals surface area contributed by atoms with Crippen LogP contribution in [-0.2, 0) is 12.8 Å². The molecule has 30 heavy (non-hydrogen) atoms. The number of aliphatic hydroxyl groups excluding tert-OH is 1. The van der Waals surface area contributed by atoms with E-state index in [0.29, 0.717) is 24.5 Å². The molecule has 1 aromatic heterocycles. The van der Waals surface area contributed by atoms with Crippen molar-refractivity contribution in [2.24, 2.45) is 0 Å². The summed E-state index contributed by atoms with van der Waals surface area (Å²) in [4.78, 5) is 19.8. The van der Waals surface area contributed by atoms with Crippen LogP contribution < -0.4 is 10.9 Å². The average molecular weight is 405 g/mol. The van der Waals surface area contributed by atoms with Crippen LogP contribution in [0.15, 0.2) is 65.5 Å². The Hall–Kier alpha value is -3.25. The van der Waals surface area contributed by atoms with Gasteiger partial charge in [0, 0.05) is 12.6 Å². The van der Waals surface area contributed by atoms with Gasteiger partial charge in [-0.1, -0.05) is 60.7 Å². The number of hydrogen-bond donors (Lipinski definition) is 4. The molecule has 2 unspecified atom stereocenters. The van der Waals surface area contributed by atoms with Gasteiger partial charge >= 0.3 is 0 Å². The second kappa shape index (κ2) is 10.5. The van der Waals surface area contributed by atoms with Gasteiger partial charge in [-0.25, -0.2) is 4.98 Å². The second-order valence-electron chi connectivity index (χ2n) is 7.45. The highest BCUT2D eigenvalue weighted by molar-refractivity contribution is 5.83. The van der Waals surface area contributed by atoms with E-state index >= 15 is 0 Å². The van der Waals surface area contributed by atoms with E-state index in [1.54, 1.807) is 6.92 Å². The number of benzene rings is 2. The molecule has 0 radical (unpaired) electrons. The van der Waals surface area contributed by atoms with Crippen molar-refractivity contribution in [1.29, 1.82) is 5.41 Å². The number of anilines is 1. The minimum Gasteiger partial charge on any atom is -0.391 e. The molecule has 0 spiro atoms. The van der Waals surface area contributed by atoms with E-state index in [4.69, 9.17) is 5.41 Å². The van der Waals surface area contributed by atoms with Crippen LogP contribution >= 0.6 is 0 Å². The van der Waals surface area contributed by atoms with Crippen LogP contribution in [0.1, 0.15) is 42.3 Å². The molecule has 3 rings (SSSR count). The van der Waals surface area contributed by atoms with E-state index in [1.807, 2.05) is 48.5 Å². The number of hydrogen-bond acceptors (Lipinski definition) is 5. The minimum absolute atomic E-state index is 0.167. The first-order valence-corrected chi connectivity index (χ1v) is 10.2. The first-order chi connectivity index (χ1) is 14.6. The topological polar surface area (TPSA) is 102 Å². The Balaban J connectivity index is 1.75. The minimum atomic E-state index is -0.627. The lowest BCUT2D eigenvalue weighted by atomic mass is 10.0. The largest absolute Gasteiger partial charge is 0.391 e. The Labute approximate surface area is 176 Å². The fourth-order valence-electron chi connectivity index (χ4n) is 3.43. The summed E-state index contributed by atoms with van der Waals surface area (Å²) in [7, 11) is 0. The van der Waals surface area contributed by atoms with E-state index in [2.05, 4.69) is 27.4 Å². The van der Waals surface area contributed by atoms with Crippen LogP contribution in [0, 0.1) is 5.41 Å². The average Bonchev–Trinajstić information content (AvgIpc) is 2.74. The number of aromatic amines is 1. The van der Waals surface area contributed by atoms with Crippen molar-refractivity contribution in [2.75, 3.05) is 5.32 Å². The van der Waals surface area contributed by atoms with Crippen molar-refractivity contribution < 1.29 is 5.11 Å². The Morgan fingerprint density at radius 2 is 1.73 bits per heavy atom. The van der Waals surface area contributed by atoms with Gasteiger partial charge in [0.1, 0.15) is 11.6 Å². The van der Waals surface area contributed by atoms with Gasteiger partial charge in [0.05, 0.1) is 17.7 Å². The van der Waals surface area contributed by atoms with Gasteiger partial charge in [0.25, 0.3) is 5.56 Å². The van der Waals surface area contributed by atoms with Gasteiger partial charge in [-0.2, -0.15) is 0 Å². The molecule has 0 amide bonds. The quantitative estimate of drug-likeness (QED) is 0.388. The molecule has 1 heterocycles. The Bertz CT molecular complexity index is 1000. The number of aryl methyl sites for hydroxylation is 1. The predicted molar refractivity (Wildman–Crippen MR) is 120 cm³/mol. The fourth-order valence-corrected chi connectivity index (χ4v) is 3.43. The van der Waals surface area contributed by atoms with Crippen LogP contribution in [0.5, 0.6) is 0 Å². The zero-order valence-electron chi connectivity index (χ0n) is 17.1. The van der Waals surface area contributed by atoms with Crippen molar-refractivity contribution >= 4 is 12.0 Å². The Morgan fingerprint density at radius 3 is 2.33 bits per heavy atom. The van der Waals surface area contributed by atoms with E-state index in [1.165, 1.54) is 5.56 Å². The maximum atomic E-state index is 12.5. The maximum absolute atomic E-state index is 12.5. The predicted octanol–water partition coefficient (Wildman–Crippen LogP) is 3.54. The van der Waals surface area contributed by atoms with Crippen molar-refractivity contribution in [3.63, 3.8) is 0 Å². The monoisotopic (exact) mass is 404 g/mol. The number of aliphatic hydroxyl groups is 1. The fraction of sp³-hybridized carbons (Fsp3) is 0.292. The summed E-state index contributed by atoms with van der Waals surface area (Å²) in [5, 5.41) is 21.1. The van der Waals surface area contributed by atoms with Crippen molar-refractivity contribution in [2.45, 2.75) is 44.8 Å². The first-order valence-electron chi connectivity index (χ1n) is 10.2. The smallest absolute Gasteiger partial charge is 0.261 e. The Morgan fingerprint density at radius 1 is 1.10 bits per heavy atom. The summed E-state index contributed by atoms with van der Waals surface area (Å²) in [5.41, 5.74) is 2.09. The van der Waals surface area contributed by atoms with E-state index in [-0.39, 0.29) is 17.2 Å². The third kappa shape index (κ3) is 5.87. The van der Waals surface area contributed by atoms with Crippen LogP contribution in [0.2, 0.25) is 0 Å². The van der Waals surface area contributed by atoms with Crippen LogP contribution in [0.3, 0.4) is 0 Å². The van der Waals surface area contributed by atoms with Gasteiger partial charge in [0.2, 0.25) is 0 Å². The molecule has 156 valence electrons. The molecule has 0 aliphatic carbocycles. The molecular weight excluding hydrogens is 376 g/mol. The molecule has 0 aliphatic rings. The van der Waals surface area contributed by atoms with Gasteiger partial charge in [-0.05, 0) is 37.3 Å². The maximum Gasteiger partial charge on any atom is 0.261 e. The third-order valence-electron chi connectivity index (χ3n) is 5.09. The molecule has 0 bridgehead atoms. The molecule has 6 heteroatoms. The molecule has 0 saturated carbocycles. The van der Waals surface area contributed by atoms with Crippen molar-refractivity contribution in [3.05, 3.63) is 93.5 Å². The number of rotatable bonds is 10.